The topological polar surface area (TPSA) is 55.1 Å². The van der Waals surface area contributed by atoms with Crippen LogP contribution in [-0.2, 0) is 11.2 Å². The van der Waals surface area contributed by atoms with Gasteiger partial charge < -0.3 is 11.1 Å². The monoisotopic (exact) mass is 234 g/mol. The first-order valence-corrected chi connectivity index (χ1v) is 6.32. The third kappa shape index (κ3) is 4.57. The van der Waals surface area contributed by atoms with Gasteiger partial charge in [-0.3, -0.25) is 4.79 Å². The number of nitrogens with two attached hydrogens (primary N) is 1. The van der Waals surface area contributed by atoms with Crippen LogP contribution in [0.2, 0.25) is 0 Å². The lowest BCUT2D eigenvalue weighted by atomic mass is 10.1. The van der Waals surface area contributed by atoms with Crippen LogP contribution in [0.25, 0.3) is 0 Å². The Morgan fingerprint density at radius 3 is 2.82 bits per heavy atom. The molecule has 0 aromatic heterocycles. The van der Waals surface area contributed by atoms with Gasteiger partial charge in [0.25, 0.3) is 0 Å². The van der Waals surface area contributed by atoms with E-state index in [-0.39, 0.29) is 5.91 Å². The molecule has 0 saturated carbocycles. The maximum Gasteiger partial charge on any atom is 0.241 e. The second kappa shape index (κ2) is 7.07. The van der Waals surface area contributed by atoms with Gasteiger partial charge in [0.05, 0.1) is 6.04 Å². The Balaban J connectivity index is 2.54. The number of unbranched alkanes of at least 4 members (excludes halogenated alkanes) is 1. The smallest absolute Gasteiger partial charge is 0.241 e. The number of carbonyl (C=O) groups excluding carboxylic acids is 1. The van der Waals surface area contributed by atoms with Gasteiger partial charge in [0.2, 0.25) is 5.91 Å². The van der Waals surface area contributed by atoms with E-state index in [1.807, 2.05) is 24.3 Å². The minimum Gasteiger partial charge on any atom is -0.325 e. The third-order valence-electron chi connectivity index (χ3n) is 2.81. The van der Waals surface area contributed by atoms with Crippen molar-refractivity contribution < 1.29 is 4.79 Å². The van der Waals surface area contributed by atoms with Crippen LogP contribution in [0.3, 0.4) is 0 Å². The van der Waals surface area contributed by atoms with E-state index in [0.717, 1.165) is 31.4 Å². The summed E-state index contributed by atoms with van der Waals surface area (Å²) in [6.45, 7) is 4.18. The molecular weight excluding hydrogens is 212 g/mol. The van der Waals surface area contributed by atoms with Crippen molar-refractivity contribution in [3.8, 4) is 0 Å². The van der Waals surface area contributed by atoms with Crippen LogP contribution in [0.15, 0.2) is 24.3 Å². The number of anilines is 1. The lowest BCUT2D eigenvalue weighted by Crippen LogP contribution is -2.35. The molecule has 1 aromatic carbocycles. The number of amides is 1. The van der Waals surface area contributed by atoms with Crippen molar-refractivity contribution in [2.45, 2.75) is 45.6 Å². The first kappa shape index (κ1) is 13.7. The highest BCUT2D eigenvalue weighted by Crippen LogP contribution is 2.11. The zero-order chi connectivity index (χ0) is 12.7. The number of aryl methyl sites for hydroxylation is 1. The van der Waals surface area contributed by atoms with E-state index < -0.39 is 6.04 Å². The highest BCUT2D eigenvalue weighted by atomic mass is 16.2. The van der Waals surface area contributed by atoms with Crippen molar-refractivity contribution in [2.24, 2.45) is 5.73 Å². The second-order valence-corrected chi connectivity index (χ2v) is 4.29. The summed E-state index contributed by atoms with van der Waals surface area (Å²) in [6, 6.07) is 7.48. The van der Waals surface area contributed by atoms with Crippen LogP contribution in [0.5, 0.6) is 0 Å². The summed E-state index contributed by atoms with van der Waals surface area (Å²) in [6.07, 6.45) is 3.76. The summed E-state index contributed by atoms with van der Waals surface area (Å²) >= 11 is 0. The Morgan fingerprint density at radius 2 is 2.18 bits per heavy atom. The van der Waals surface area contributed by atoms with E-state index in [1.165, 1.54) is 5.56 Å². The van der Waals surface area contributed by atoms with Gasteiger partial charge >= 0.3 is 0 Å². The Hall–Kier alpha value is -1.35. The highest BCUT2D eigenvalue weighted by molar-refractivity contribution is 5.94. The van der Waals surface area contributed by atoms with E-state index in [0.29, 0.717) is 0 Å². The van der Waals surface area contributed by atoms with Crippen molar-refractivity contribution in [3.05, 3.63) is 29.8 Å². The van der Waals surface area contributed by atoms with E-state index in [9.17, 15) is 4.79 Å². The molecule has 0 bridgehead atoms. The first-order chi connectivity index (χ1) is 8.17. The normalized spacial score (nSPS) is 12.2. The number of carbonyl (C=O) groups is 1. The summed E-state index contributed by atoms with van der Waals surface area (Å²) in [7, 11) is 0. The van der Waals surface area contributed by atoms with E-state index in [1.54, 1.807) is 0 Å². The second-order valence-electron chi connectivity index (χ2n) is 4.29. The molecule has 0 aliphatic rings. The summed E-state index contributed by atoms with van der Waals surface area (Å²) in [5, 5.41) is 2.86. The van der Waals surface area contributed by atoms with E-state index in [2.05, 4.69) is 19.2 Å². The Labute approximate surface area is 103 Å². The molecule has 0 unspecified atom stereocenters. The van der Waals surface area contributed by atoms with Crippen LogP contribution < -0.4 is 11.1 Å². The minimum atomic E-state index is -0.403. The zero-order valence-electron chi connectivity index (χ0n) is 10.7. The number of hydrogen-bond acceptors (Lipinski definition) is 2. The molecule has 3 heteroatoms. The summed E-state index contributed by atoms with van der Waals surface area (Å²) < 4.78 is 0. The predicted molar refractivity (Wildman–Crippen MR) is 72.0 cm³/mol. The Morgan fingerprint density at radius 1 is 1.41 bits per heavy atom. The van der Waals surface area contributed by atoms with Crippen LogP contribution in [0, 0.1) is 0 Å². The number of hydrogen-bond donors (Lipinski definition) is 2. The Bertz CT molecular complexity index is 363. The predicted octanol–water partition coefficient (Wildman–Crippen LogP) is 2.71. The van der Waals surface area contributed by atoms with Crippen molar-refractivity contribution in [1.82, 2.24) is 0 Å². The quantitative estimate of drug-likeness (QED) is 0.795. The molecule has 17 heavy (non-hydrogen) atoms. The summed E-state index contributed by atoms with van der Waals surface area (Å²) in [5.41, 5.74) is 7.86. The van der Waals surface area contributed by atoms with Crippen LogP contribution >= 0.6 is 0 Å². The van der Waals surface area contributed by atoms with E-state index >= 15 is 0 Å². The average Bonchev–Trinajstić information content (AvgIpc) is 2.36. The maximum atomic E-state index is 11.8. The number of nitrogens with one attached hydrogen (secondary N) is 1. The van der Waals surface area contributed by atoms with Crippen LogP contribution in [0.1, 0.15) is 38.7 Å². The van der Waals surface area contributed by atoms with Gasteiger partial charge in [-0.05, 0) is 30.5 Å². The Kier molecular flexibility index (Phi) is 5.70. The molecule has 0 aliphatic carbocycles. The fraction of sp³-hybridized carbons (Fsp3) is 0.500. The molecule has 1 atom stereocenters. The van der Waals surface area contributed by atoms with Crippen molar-refractivity contribution in [1.29, 1.82) is 0 Å². The molecule has 1 aromatic rings. The number of rotatable bonds is 6. The standard InChI is InChI=1S/C14H22N2O/c1-3-5-9-13(15)14(17)16-12-8-6-7-11(4-2)10-12/h6-8,10,13H,3-5,9,15H2,1-2H3,(H,16,17)/t13-/m0/s1. The molecule has 0 spiro atoms. The fourth-order valence-electron chi connectivity index (χ4n) is 1.66. The van der Waals surface area contributed by atoms with Gasteiger partial charge in [-0.15, -0.1) is 0 Å². The molecule has 94 valence electrons. The van der Waals surface area contributed by atoms with Crippen molar-refractivity contribution in [2.75, 3.05) is 5.32 Å². The zero-order valence-corrected chi connectivity index (χ0v) is 10.7. The first-order valence-electron chi connectivity index (χ1n) is 6.32. The van der Waals surface area contributed by atoms with Gasteiger partial charge in [-0.2, -0.15) is 0 Å². The van der Waals surface area contributed by atoms with Gasteiger partial charge in [0, 0.05) is 5.69 Å². The van der Waals surface area contributed by atoms with Gasteiger partial charge in [0.1, 0.15) is 0 Å². The van der Waals surface area contributed by atoms with Crippen molar-refractivity contribution in [3.63, 3.8) is 0 Å². The third-order valence-corrected chi connectivity index (χ3v) is 2.81. The summed E-state index contributed by atoms with van der Waals surface area (Å²) in [4.78, 5) is 11.8. The fourth-order valence-corrected chi connectivity index (χ4v) is 1.66. The highest BCUT2D eigenvalue weighted by Gasteiger charge is 2.12. The molecule has 0 radical (unpaired) electrons. The molecule has 0 aliphatic heterocycles. The van der Waals surface area contributed by atoms with Gasteiger partial charge in [-0.1, -0.05) is 38.8 Å². The molecule has 3 N–H and O–H groups in total. The van der Waals surface area contributed by atoms with Crippen molar-refractivity contribution >= 4 is 11.6 Å². The molecule has 1 rings (SSSR count). The molecule has 0 heterocycles. The maximum absolute atomic E-state index is 11.8. The lowest BCUT2D eigenvalue weighted by Gasteiger charge is -2.12. The lowest BCUT2D eigenvalue weighted by molar-refractivity contribution is -0.117. The van der Waals surface area contributed by atoms with Crippen LogP contribution in [0.4, 0.5) is 5.69 Å². The van der Waals surface area contributed by atoms with Gasteiger partial charge in [0.15, 0.2) is 0 Å². The van der Waals surface area contributed by atoms with Gasteiger partial charge in [-0.25, -0.2) is 0 Å². The molecule has 3 nitrogen and oxygen atoms in total. The molecular formula is C14H22N2O. The van der Waals surface area contributed by atoms with Crippen LogP contribution in [-0.4, -0.2) is 11.9 Å². The molecule has 0 saturated heterocycles. The average molecular weight is 234 g/mol. The molecule has 0 fully saturated rings. The van der Waals surface area contributed by atoms with E-state index in [4.69, 9.17) is 5.73 Å². The largest absolute Gasteiger partial charge is 0.325 e. The SMILES string of the molecule is CCCC[C@H](N)C(=O)Nc1cccc(CC)c1. The number of benzene rings is 1. The minimum absolute atomic E-state index is 0.0910. The summed E-state index contributed by atoms with van der Waals surface area (Å²) in [5.74, 6) is -0.0910. The molecule has 1 amide bonds.